The number of ketones is 1. The van der Waals surface area contributed by atoms with E-state index in [9.17, 15) is 24.0 Å². The third-order valence-corrected chi connectivity index (χ3v) is 5.89. The van der Waals surface area contributed by atoms with Crippen molar-refractivity contribution in [2.45, 2.75) is 32.7 Å². The maximum absolute atomic E-state index is 12.3. The first kappa shape index (κ1) is 22.4. The molecule has 31 heavy (non-hydrogen) atoms. The largest absolute Gasteiger partial charge is 0.454 e. The predicted octanol–water partition coefficient (Wildman–Crippen LogP) is 2.12. The predicted molar refractivity (Wildman–Crippen MR) is 113 cm³/mol. The van der Waals surface area contributed by atoms with Crippen molar-refractivity contribution in [2.24, 2.45) is 0 Å². The molecule has 3 amide bonds. The Morgan fingerprint density at radius 2 is 1.71 bits per heavy atom. The van der Waals surface area contributed by atoms with Gasteiger partial charge < -0.3 is 10.1 Å². The van der Waals surface area contributed by atoms with Crippen molar-refractivity contribution in [3.05, 3.63) is 57.3 Å². The molecule has 0 radical (unpaired) electrons. The summed E-state index contributed by atoms with van der Waals surface area (Å²) in [5.41, 5.74) is 0.999. The topological polar surface area (TPSA) is 110 Å². The Hall–Kier alpha value is -3.33. The third-order valence-electron chi connectivity index (χ3n) is 4.70. The van der Waals surface area contributed by atoms with E-state index in [-0.39, 0.29) is 55.1 Å². The van der Waals surface area contributed by atoms with Crippen LogP contribution in [0.15, 0.2) is 36.4 Å². The minimum absolute atomic E-state index is 0.106. The van der Waals surface area contributed by atoms with Gasteiger partial charge in [0.25, 0.3) is 0 Å². The Morgan fingerprint density at radius 1 is 1.03 bits per heavy atom. The average molecular weight is 442 g/mol. The number of rotatable bonds is 9. The molecule has 0 spiro atoms. The number of thiophene rings is 1. The number of likely N-dealkylation sites (tertiary alicyclic amines) is 1. The van der Waals surface area contributed by atoms with Crippen LogP contribution in [0.2, 0.25) is 0 Å². The molecule has 9 heteroatoms. The Balaban J connectivity index is 1.48. The van der Waals surface area contributed by atoms with Crippen molar-refractivity contribution >= 4 is 40.8 Å². The second-order valence-corrected chi connectivity index (χ2v) is 8.24. The molecule has 1 aromatic carbocycles. The van der Waals surface area contributed by atoms with Crippen LogP contribution in [-0.4, -0.2) is 47.5 Å². The smallest absolute Gasteiger partial charge is 0.338 e. The number of amides is 3. The molecule has 0 aliphatic carbocycles. The molecule has 1 N–H and O–H groups in total. The van der Waals surface area contributed by atoms with E-state index >= 15 is 0 Å². The number of carbonyl (C=O) groups is 5. The second-order valence-electron chi connectivity index (χ2n) is 7.07. The van der Waals surface area contributed by atoms with E-state index < -0.39 is 5.97 Å². The molecule has 1 saturated heterocycles. The molecule has 0 saturated carbocycles. The fraction of sp³-hybridized carbons (Fsp3) is 0.318. The van der Waals surface area contributed by atoms with E-state index in [4.69, 9.17) is 4.74 Å². The lowest BCUT2D eigenvalue weighted by Gasteiger charge is -2.13. The number of hydrogen-bond acceptors (Lipinski definition) is 7. The summed E-state index contributed by atoms with van der Waals surface area (Å²) in [6.45, 7) is 1.74. The fourth-order valence-corrected chi connectivity index (χ4v) is 3.97. The summed E-state index contributed by atoms with van der Waals surface area (Å²) in [4.78, 5) is 61.4. The number of imide groups is 1. The number of ether oxygens (including phenoxy) is 1. The third kappa shape index (κ3) is 6.08. The highest BCUT2D eigenvalue weighted by Gasteiger charge is 2.28. The van der Waals surface area contributed by atoms with Crippen molar-refractivity contribution in [3.8, 4) is 0 Å². The van der Waals surface area contributed by atoms with Gasteiger partial charge >= 0.3 is 5.97 Å². The molecular weight excluding hydrogens is 420 g/mol. The molecule has 1 aliphatic rings. The maximum atomic E-state index is 12.3. The minimum atomic E-state index is -0.629. The molecule has 1 aliphatic heterocycles. The van der Waals surface area contributed by atoms with Gasteiger partial charge in [-0.15, -0.1) is 11.3 Å². The van der Waals surface area contributed by atoms with Gasteiger partial charge in [-0.1, -0.05) is 12.1 Å². The Labute approximate surface area is 183 Å². The Kier molecular flexibility index (Phi) is 7.30. The first-order valence-corrected chi connectivity index (χ1v) is 10.6. The summed E-state index contributed by atoms with van der Waals surface area (Å²) < 4.78 is 5.12. The van der Waals surface area contributed by atoms with Crippen molar-refractivity contribution < 1.29 is 28.7 Å². The van der Waals surface area contributed by atoms with Crippen LogP contribution in [0.5, 0.6) is 0 Å². The minimum Gasteiger partial charge on any atom is -0.454 e. The zero-order valence-electron chi connectivity index (χ0n) is 17.0. The molecule has 1 aromatic heterocycles. The molecule has 8 nitrogen and oxygen atoms in total. The number of benzene rings is 1. The van der Waals surface area contributed by atoms with Crippen molar-refractivity contribution in [2.75, 3.05) is 13.2 Å². The van der Waals surface area contributed by atoms with Crippen LogP contribution < -0.4 is 5.32 Å². The lowest BCUT2D eigenvalue weighted by atomic mass is 10.1. The number of carbonyl (C=O) groups excluding carboxylic acids is 5. The average Bonchev–Trinajstić information content (AvgIpc) is 3.34. The number of nitrogens with zero attached hydrogens (tertiary/aromatic N) is 1. The highest BCUT2D eigenvalue weighted by Crippen LogP contribution is 2.19. The van der Waals surface area contributed by atoms with Gasteiger partial charge in [0.15, 0.2) is 6.61 Å². The van der Waals surface area contributed by atoms with E-state index in [0.29, 0.717) is 17.8 Å². The Morgan fingerprint density at radius 3 is 2.35 bits per heavy atom. The van der Waals surface area contributed by atoms with Gasteiger partial charge in [0.2, 0.25) is 23.5 Å². The second kappa shape index (κ2) is 10.1. The highest BCUT2D eigenvalue weighted by molar-refractivity contribution is 7.14. The van der Waals surface area contributed by atoms with Crippen LogP contribution in [0, 0.1) is 0 Å². The number of hydrogen-bond donors (Lipinski definition) is 1. The van der Waals surface area contributed by atoms with Crippen LogP contribution in [0.25, 0.3) is 0 Å². The lowest BCUT2D eigenvalue weighted by Crippen LogP contribution is -2.28. The molecular formula is C22H22N2O6S. The molecule has 2 aromatic rings. The molecule has 1 fully saturated rings. The van der Waals surface area contributed by atoms with Gasteiger partial charge in [0, 0.05) is 31.2 Å². The molecule has 3 rings (SSSR count). The monoisotopic (exact) mass is 442 g/mol. The van der Waals surface area contributed by atoms with Crippen molar-refractivity contribution in [1.82, 2.24) is 10.2 Å². The van der Waals surface area contributed by atoms with Crippen LogP contribution in [0.4, 0.5) is 0 Å². The standard InChI is InChI=1S/C22H22N2O6S/c1-14(25)23-11-10-17-6-7-19(31-17)18(26)13-30-22(29)16-4-2-15(3-5-16)12-24-20(27)8-9-21(24)28/h2-7H,8-13H2,1H3,(H,23,25). The van der Waals surface area contributed by atoms with Gasteiger partial charge in [0.05, 0.1) is 17.0 Å². The van der Waals surface area contributed by atoms with Gasteiger partial charge in [-0.05, 0) is 36.2 Å². The maximum Gasteiger partial charge on any atom is 0.338 e. The van der Waals surface area contributed by atoms with Crippen LogP contribution in [0.1, 0.15) is 50.2 Å². The van der Waals surface area contributed by atoms with Crippen LogP contribution in [0.3, 0.4) is 0 Å². The molecule has 0 unspecified atom stereocenters. The fourth-order valence-electron chi connectivity index (χ4n) is 3.04. The quantitative estimate of drug-likeness (QED) is 0.362. The van der Waals surface area contributed by atoms with Crippen LogP contribution in [-0.2, 0) is 32.1 Å². The molecule has 2 heterocycles. The summed E-state index contributed by atoms with van der Waals surface area (Å²) in [6, 6.07) is 9.88. The SMILES string of the molecule is CC(=O)NCCc1ccc(C(=O)COC(=O)c2ccc(CN3C(=O)CCC3=O)cc2)s1. The number of nitrogens with one attached hydrogen (secondary N) is 1. The molecule has 162 valence electrons. The van der Waals surface area contributed by atoms with E-state index in [0.717, 1.165) is 10.4 Å². The van der Waals surface area contributed by atoms with Gasteiger partial charge in [-0.3, -0.25) is 24.1 Å². The van der Waals surface area contributed by atoms with E-state index in [1.54, 1.807) is 30.3 Å². The van der Waals surface area contributed by atoms with E-state index in [1.165, 1.54) is 23.2 Å². The summed E-state index contributed by atoms with van der Waals surface area (Å²) in [5, 5.41) is 2.70. The summed E-state index contributed by atoms with van der Waals surface area (Å²) >= 11 is 1.31. The molecule has 0 bridgehead atoms. The Bertz CT molecular complexity index is 995. The molecule has 0 atom stereocenters. The number of Topliss-reactive ketones (excluding diaryl/α,β-unsaturated/α-hetero) is 1. The summed E-state index contributed by atoms with van der Waals surface area (Å²) in [6.07, 6.45) is 1.09. The van der Waals surface area contributed by atoms with Crippen molar-refractivity contribution in [1.29, 1.82) is 0 Å². The van der Waals surface area contributed by atoms with E-state index in [2.05, 4.69) is 5.32 Å². The van der Waals surface area contributed by atoms with Gasteiger partial charge in [-0.25, -0.2) is 4.79 Å². The van der Waals surface area contributed by atoms with E-state index in [1.807, 2.05) is 6.07 Å². The number of esters is 1. The zero-order chi connectivity index (χ0) is 22.4. The first-order chi connectivity index (χ1) is 14.8. The summed E-state index contributed by atoms with van der Waals surface area (Å²) in [5.74, 6) is -1.43. The highest BCUT2D eigenvalue weighted by atomic mass is 32.1. The first-order valence-electron chi connectivity index (χ1n) is 9.79. The van der Waals surface area contributed by atoms with Gasteiger partial charge in [0.1, 0.15) is 0 Å². The summed E-state index contributed by atoms with van der Waals surface area (Å²) in [7, 11) is 0. The lowest BCUT2D eigenvalue weighted by molar-refractivity contribution is -0.139. The van der Waals surface area contributed by atoms with Crippen LogP contribution >= 0.6 is 11.3 Å². The normalized spacial score (nSPS) is 13.4. The zero-order valence-corrected chi connectivity index (χ0v) is 17.8. The van der Waals surface area contributed by atoms with Crippen molar-refractivity contribution in [3.63, 3.8) is 0 Å². The van der Waals surface area contributed by atoms with Gasteiger partial charge in [-0.2, -0.15) is 0 Å².